The fraction of sp³-hybridized carbons (Fsp3) is 0.143. The maximum absolute atomic E-state index is 12.7. The van der Waals surface area contributed by atoms with E-state index in [0.29, 0.717) is 15.7 Å². The summed E-state index contributed by atoms with van der Waals surface area (Å²) < 4.78 is 13.0. The van der Waals surface area contributed by atoms with Gasteiger partial charge < -0.3 is 10.8 Å². The van der Waals surface area contributed by atoms with Gasteiger partial charge in [-0.15, -0.1) is 0 Å². The standard InChI is InChI=1S/C7H7BrFNO/c8-5-2-7(10)4(3-11)1-6(5)9/h1-2,11H,3,10H2. The van der Waals surface area contributed by atoms with Gasteiger partial charge in [0.15, 0.2) is 0 Å². The number of aliphatic hydroxyl groups excluding tert-OH is 1. The van der Waals surface area contributed by atoms with Crippen LogP contribution in [-0.4, -0.2) is 5.11 Å². The Morgan fingerprint density at radius 1 is 1.55 bits per heavy atom. The average Bonchev–Trinajstić information content (AvgIpc) is 1.97. The molecular formula is C7H7BrFNO. The van der Waals surface area contributed by atoms with E-state index in [1.165, 1.54) is 12.1 Å². The van der Waals surface area contributed by atoms with Gasteiger partial charge in [0.2, 0.25) is 0 Å². The van der Waals surface area contributed by atoms with Gasteiger partial charge in [-0.25, -0.2) is 4.39 Å². The lowest BCUT2D eigenvalue weighted by molar-refractivity contribution is 0.282. The third kappa shape index (κ3) is 1.70. The lowest BCUT2D eigenvalue weighted by Gasteiger charge is -2.02. The first-order valence-corrected chi connectivity index (χ1v) is 3.78. The Morgan fingerprint density at radius 2 is 2.18 bits per heavy atom. The van der Waals surface area contributed by atoms with Crippen LogP contribution in [0.3, 0.4) is 0 Å². The fourth-order valence-electron chi connectivity index (χ4n) is 0.740. The van der Waals surface area contributed by atoms with Crippen LogP contribution >= 0.6 is 15.9 Å². The van der Waals surface area contributed by atoms with Crippen LogP contribution in [0.15, 0.2) is 16.6 Å². The quantitative estimate of drug-likeness (QED) is 0.707. The topological polar surface area (TPSA) is 46.2 Å². The summed E-state index contributed by atoms with van der Waals surface area (Å²) in [5, 5.41) is 8.67. The number of hydrogen-bond acceptors (Lipinski definition) is 2. The molecule has 0 unspecified atom stereocenters. The second kappa shape index (κ2) is 3.19. The predicted octanol–water partition coefficient (Wildman–Crippen LogP) is 1.66. The Hall–Kier alpha value is -0.610. The van der Waals surface area contributed by atoms with Crippen LogP contribution in [-0.2, 0) is 6.61 Å². The lowest BCUT2D eigenvalue weighted by Crippen LogP contribution is -1.95. The van der Waals surface area contributed by atoms with E-state index >= 15 is 0 Å². The van der Waals surface area contributed by atoms with Crippen LogP contribution in [0.25, 0.3) is 0 Å². The molecule has 60 valence electrons. The van der Waals surface area contributed by atoms with E-state index in [9.17, 15) is 4.39 Å². The Morgan fingerprint density at radius 3 is 2.73 bits per heavy atom. The van der Waals surface area contributed by atoms with Crippen molar-refractivity contribution in [3.63, 3.8) is 0 Å². The molecule has 0 heterocycles. The molecule has 0 amide bonds. The molecule has 0 aliphatic heterocycles. The highest BCUT2D eigenvalue weighted by atomic mass is 79.9. The highest BCUT2D eigenvalue weighted by Crippen LogP contribution is 2.22. The van der Waals surface area contributed by atoms with Crippen LogP contribution in [0.4, 0.5) is 10.1 Å². The van der Waals surface area contributed by atoms with E-state index in [1.807, 2.05) is 0 Å². The van der Waals surface area contributed by atoms with Gasteiger partial charge in [-0.1, -0.05) is 0 Å². The van der Waals surface area contributed by atoms with Gasteiger partial charge in [-0.05, 0) is 28.1 Å². The summed E-state index contributed by atoms with van der Waals surface area (Å²) in [7, 11) is 0. The highest BCUT2D eigenvalue weighted by molar-refractivity contribution is 9.10. The van der Waals surface area contributed by atoms with Crippen molar-refractivity contribution in [2.75, 3.05) is 5.73 Å². The van der Waals surface area contributed by atoms with Gasteiger partial charge in [-0.3, -0.25) is 0 Å². The Bertz CT molecular complexity index is 277. The number of hydrogen-bond donors (Lipinski definition) is 2. The summed E-state index contributed by atoms with van der Waals surface area (Å²) in [6.45, 7) is -0.240. The van der Waals surface area contributed by atoms with Crippen LogP contribution < -0.4 is 5.73 Å². The largest absolute Gasteiger partial charge is 0.398 e. The van der Waals surface area contributed by atoms with Crippen molar-refractivity contribution >= 4 is 21.6 Å². The zero-order valence-corrected chi connectivity index (χ0v) is 7.23. The zero-order valence-electron chi connectivity index (χ0n) is 5.64. The summed E-state index contributed by atoms with van der Waals surface area (Å²) in [4.78, 5) is 0. The normalized spacial score (nSPS) is 10.1. The molecule has 0 radical (unpaired) electrons. The molecule has 2 nitrogen and oxygen atoms in total. The van der Waals surface area contributed by atoms with E-state index in [4.69, 9.17) is 10.8 Å². The summed E-state index contributed by atoms with van der Waals surface area (Å²) in [6.07, 6.45) is 0. The Labute approximate surface area is 72.0 Å². The van der Waals surface area contributed by atoms with Crippen molar-refractivity contribution in [3.05, 3.63) is 28.0 Å². The second-order valence-corrected chi connectivity index (χ2v) is 2.98. The fourth-order valence-corrected chi connectivity index (χ4v) is 1.10. The first-order valence-electron chi connectivity index (χ1n) is 2.99. The lowest BCUT2D eigenvalue weighted by atomic mass is 10.2. The second-order valence-electron chi connectivity index (χ2n) is 2.12. The number of nitrogen functional groups attached to an aromatic ring is 1. The van der Waals surface area contributed by atoms with E-state index in [-0.39, 0.29) is 6.61 Å². The SMILES string of the molecule is Nc1cc(Br)c(F)cc1CO. The molecule has 0 bridgehead atoms. The zero-order chi connectivity index (χ0) is 8.43. The van der Waals surface area contributed by atoms with Crippen molar-refractivity contribution in [3.8, 4) is 0 Å². The molecule has 0 spiro atoms. The van der Waals surface area contributed by atoms with Gasteiger partial charge in [0.05, 0.1) is 11.1 Å². The smallest absolute Gasteiger partial charge is 0.137 e. The minimum Gasteiger partial charge on any atom is -0.398 e. The highest BCUT2D eigenvalue weighted by Gasteiger charge is 2.03. The van der Waals surface area contributed by atoms with Crippen molar-refractivity contribution in [2.24, 2.45) is 0 Å². The number of anilines is 1. The van der Waals surface area contributed by atoms with Crippen LogP contribution in [0.2, 0.25) is 0 Å². The molecule has 1 rings (SSSR count). The van der Waals surface area contributed by atoms with Gasteiger partial charge in [0.1, 0.15) is 5.82 Å². The predicted molar refractivity (Wildman–Crippen MR) is 44.4 cm³/mol. The van der Waals surface area contributed by atoms with Crippen LogP contribution in [0.1, 0.15) is 5.56 Å². The molecule has 1 aromatic carbocycles. The molecule has 0 atom stereocenters. The molecule has 4 heteroatoms. The van der Waals surface area contributed by atoms with Crippen molar-refractivity contribution in [1.82, 2.24) is 0 Å². The van der Waals surface area contributed by atoms with E-state index in [2.05, 4.69) is 15.9 Å². The molecule has 0 aliphatic carbocycles. The summed E-state index contributed by atoms with van der Waals surface area (Å²) in [5.74, 6) is -0.414. The molecular weight excluding hydrogens is 213 g/mol. The van der Waals surface area contributed by atoms with E-state index in [0.717, 1.165) is 0 Å². The molecule has 0 aliphatic rings. The van der Waals surface area contributed by atoms with Crippen molar-refractivity contribution in [1.29, 1.82) is 0 Å². The maximum Gasteiger partial charge on any atom is 0.137 e. The number of rotatable bonds is 1. The van der Waals surface area contributed by atoms with Gasteiger partial charge in [0, 0.05) is 11.3 Å². The van der Waals surface area contributed by atoms with Crippen molar-refractivity contribution < 1.29 is 9.50 Å². The first-order chi connectivity index (χ1) is 5.15. The third-order valence-electron chi connectivity index (χ3n) is 1.35. The van der Waals surface area contributed by atoms with E-state index in [1.54, 1.807) is 0 Å². The van der Waals surface area contributed by atoms with Gasteiger partial charge in [-0.2, -0.15) is 0 Å². The third-order valence-corrected chi connectivity index (χ3v) is 1.96. The average molecular weight is 220 g/mol. The molecule has 0 fully saturated rings. The van der Waals surface area contributed by atoms with Gasteiger partial charge in [0.25, 0.3) is 0 Å². The number of benzene rings is 1. The number of halogens is 2. The summed E-state index contributed by atoms with van der Waals surface area (Å²) in [5.41, 5.74) is 6.24. The van der Waals surface area contributed by atoms with Crippen LogP contribution in [0.5, 0.6) is 0 Å². The number of aliphatic hydroxyl groups is 1. The molecule has 11 heavy (non-hydrogen) atoms. The molecule has 0 saturated carbocycles. The minimum absolute atomic E-state index is 0.240. The molecule has 3 N–H and O–H groups in total. The molecule has 0 saturated heterocycles. The summed E-state index contributed by atoms with van der Waals surface area (Å²) in [6, 6.07) is 2.64. The Balaban J connectivity index is 3.21. The van der Waals surface area contributed by atoms with Gasteiger partial charge >= 0.3 is 0 Å². The number of nitrogens with two attached hydrogens (primary N) is 1. The molecule has 0 aromatic heterocycles. The Kier molecular flexibility index (Phi) is 2.46. The van der Waals surface area contributed by atoms with Crippen molar-refractivity contribution in [2.45, 2.75) is 6.61 Å². The first kappa shape index (κ1) is 8.49. The monoisotopic (exact) mass is 219 g/mol. The van der Waals surface area contributed by atoms with Crippen LogP contribution in [0, 0.1) is 5.82 Å². The van der Waals surface area contributed by atoms with E-state index < -0.39 is 5.82 Å². The minimum atomic E-state index is -0.414. The maximum atomic E-state index is 12.7. The summed E-state index contributed by atoms with van der Waals surface area (Å²) >= 11 is 2.97. The molecule has 1 aromatic rings.